The molecule has 1 saturated carbocycles. The van der Waals surface area contributed by atoms with E-state index in [0.29, 0.717) is 25.4 Å². The van der Waals surface area contributed by atoms with Crippen molar-refractivity contribution in [2.75, 3.05) is 12.4 Å². The molecule has 1 aliphatic carbocycles. The SMILES string of the molecule is CC(C)(CCC(=O)OC(C)(C)C)CN(C(=O)CCl)C1CC1. The molecule has 0 aliphatic heterocycles. The fourth-order valence-electron chi connectivity index (χ4n) is 2.26. The minimum absolute atomic E-state index is 0.00971. The van der Waals surface area contributed by atoms with Crippen molar-refractivity contribution in [3.63, 3.8) is 0 Å². The Balaban J connectivity index is 2.48. The van der Waals surface area contributed by atoms with Crippen LogP contribution in [0, 0.1) is 5.41 Å². The minimum Gasteiger partial charge on any atom is -0.460 e. The van der Waals surface area contributed by atoms with Crippen LogP contribution in [0.25, 0.3) is 0 Å². The summed E-state index contributed by atoms with van der Waals surface area (Å²) in [7, 11) is 0. The number of hydrogen-bond acceptors (Lipinski definition) is 3. The van der Waals surface area contributed by atoms with Gasteiger partial charge >= 0.3 is 5.97 Å². The maximum atomic E-state index is 11.9. The Morgan fingerprint density at radius 1 is 1.19 bits per heavy atom. The summed E-state index contributed by atoms with van der Waals surface area (Å²) in [6, 6.07) is 0.344. The van der Waals surface area contributed by atoms with Crippen molar-refractivity contribution in [3.8, 4) is 0 Å². The Kier molecular flexibility index (Phi) is 6.09. The van der Waals surface area contributed by atoms with Gasteiger partial charge in [-0.3, -0.25) is 9.59 Å². The first kappa shape index (κ1) is 18.3. The number of ether oxygens (including phenoxy) is 1. The molecule has 1 rings (SSSR count). The molecule has 0 bridgehead atoms. The standard InChI is InChI=1S/C16H28ClNO3/c1-15(2,3)21-14(20)8-9-16(4,5)11-18(12-6-7-12)13(19)10-17/h12H,6-11H2,1-5H3. The van der Waals surface area contributed by atoms with E-state index >= 15 is 0 Å². The molecular formula is C16H28ClNO3. The number of hydrogen-bond donors (Lipinski definition) is 0. The van der Waals surface area contributed by atoms with E-state index in [0.717, 1.165) is 12.8 Å². The zero-order chi connectivity index (χ0) is 16.3. The lowest BCUT2D eigenvalue weighted by Gasteiger charge is -2.33. The summed E-state index contributed by atoms with van der Waals surface area (Å²) in [6.07, 6.45) is 3.19. The molecule has 122 valence electrons. The lowest BCUT2D eigenvalue weighted by molar-refractivity contribution is -0.155. The molecular weight excluding hydrogens is 290 g/mol. The van der Waals surface area contributed by atoms with E-state index in [1.807, 2.05) is 25.7 Å². The third-order valence-electron chi connectivity index (χ3n) is 3.45. The van der Waals surface area contributed by atoms with Crippen LogP contribution in [-0.4, -0.2) is 40.8 Å². The van der Waals surface area contributed by atoms with Crippen LogP contribution in [0.3, 0.4) is 0 Å². The third-order valence-corrected chi connectivity index (χ3v) is 3.68. The van der Waals surface area contributed by atoms with E-state index in [9.17, 15) is 9.59 Å². The van der Waals surface area contributed by atoms with Crippen LogP contribution < -0.4 is 0 Å². The van der Waals surface area contributed by atoms with Gasteiger partial charge < -0.3 is 9.64 Å². The summed E-state index contributed by atoms with van der Waals surface area (Å²) in [5.41, 5.74) is -0.572. The van der Waals surface area contributed by atoms with Crippen LogP contribution >= 0.6 is 11.6 Å². The number of alkyl halides is 1. The molecule has 0 aromatic rings. The Hall–Kier alpha value is -0.770. The first-order chi connectivity index (χ1) is 9.54. The van der Waals surface area contributed by atoms with Crippen molar-refractivity contribution in [1.29, 1.82) is 0 Å². The molecule has 0 unspecified atom stereocenters. The van der Waals surface area contributed by atoms with Gasteiger partial charge in [0.1, 0.15) is 11.5 Å². The topological polar surface area (TPSA) is 46.6 Å². The van der Waals surface area contributed by atoms with Gasteiger partial charge in [-0.15, -0.1) is 11.6 Å². The molecule has 4 nitrogen and oxygen atoms in total. The molecule has 0 heterocycles. The quantitative estimate of drug-likeness (QED) is 0.534. The second kappa shape index (κ2) is 6.99. The van der Waals surface area contributed by atoms with Gasteiger partial charge in [0.25, 0.3) is 0 Å². The summed E-state index contributed by atoms with van der Waals surface area (Å²) in [5.74, 6) is -0.166. The van der Waals surface area contributed by atoms with Crippen molar-refractivity contribution in [1.82, 2.24) is 4.90 Å². The second-order valence-corrected chi connectivity index (χ2v) is 7.90. The molecule has 0 aromatic carbocycles. The first-order valence-corrected chi connectivity index (χ1v) is 8.15. The summed E-state index contributed by atoms with van der Waals surface area (Å²) < 4.78 is 5.33. The highest BCUT2D eigenvalue weighted by Gasteiger charge is 2.35. The lowest BCUT2D eigenvalue weighted by Crippen LogP contribution is -2.41. The van der Waals surface area contributed by atoms with E-state index in [-0.39, 0.29) is 23.2 Å². The van der Waals surface area contributed by atoms with Crippen LogP contribution in [0.1, 0.15) is 60.3 Å². The van der Waals surface area contributed by atoms with Gasteiger partial charge in [-0.05, 0) is 45.4 Å². The van der Waals surface area contributed by atoms with Crippen LogP contribution in [-0.2, 0) is 14.3 Å². The molecule has 0 radical (unpaired) electrons. The molecule has 1 fully saturated rings. The number of carbonyl (C=O) groups is 2. The zero-order valence-corrected chi connectivity index (χ0v) is 14.6. The van der Waals surface area contributed by atoms with E-state index in [1.165, 1.54) is 0 Å². The van der Waals surface area contributed by atoms with Gasteiger partial charge in [-0.1, -0.05) is 13.8 Å². The highest BCUT2D eigenvalue weighted by atomic mass is 35.5. The maximum absolute atomic E-state index is 11.9. The molecule has 0 aromatic heterocycles. The van der Waals surface area contributed by atoms with Crippen molar-refractivity contribution in [2.24, 2.45) is 5.41 Å². The van der Waals surface area contributed by atoms with Crippen molar-refractivity contribution >= 4 is 23.5 Å². The third kappa shape index (κ3) is 7.16. The van der Waals surface area contributed by atoms with Crippen LogP contribution in [0.15, 0.2) is 0 Å². The van der Waals surface area contributed by atoms with Crippen LogP contribution in [0.2, 0.25) is 0 Å². The molecule has 0 saturated heterocycles. The molecule has 0 spiro atoms. The number of amides is 1. The van der Waals surface area contributed by atoms with Gasteiger partial charge in [-0.25, -0.2) is 0 Å². The van der Waals surface area contributed by atoms with Crippen molar-refractivity contribution < 1.29 is 14.3 Å². The molecule has 1 aliphatic rings. The van der Waals surface area contributed by atoms with Crippen molar-refractivity contribution in [2.45, 2.75) is 71.9 Å². The van der Waals surface area contributed by atoms with E-state index in [4.69, 9.17) is 16.3 Å². The zero-order valence-electron chi connectivity index (χ0n) is 13.9. The first-order valence-electron chi connectivity index (χ1n) is 7.61. The average molecular weight is 318 g/mol. The van der Waals surface area contributed by atoms with Crippen molar-refractivity contribution in [3.05, 3.63) is 0 Å². The van der Waals surface area contributed by atoms with Gasteiger partial charge in [0.15, 0.2) is 0 Å². The van der Waals surface area contributed by atoms with Gasteiger partial charge in [0.2, 0.25) is 5.91 Å². The monoisotopic (exact) mass is 317 g/mol. The predicted molar refractivity (Wildman–Crippen MR) is 84.3 cm³/mol. The number of halogens is 1. The molecule has 1 amide bonds. The van der Waals surface area contributed by atoms with Crippen LogP contribution in [0.4, 0.5) is 0 Å². The number of nitrogens with zero attached hydrogens (tertiary/aromatic N) is 1. The summed E-state index contributed by atoms with van der Waals surface area (Å²) in [6.45, 7) is 10.4. The molecule has 5 heteroatoms. The lowest BCUT2D eigenvalue weighted by atomic mass is 9.87. The largest absolute Gasteiger partial charge is 0.460 e. The highest BCUT2D eigenvalue weighted by Crippen LogP contribution is 2.32. The summed E-state index contributed by atoms with van der Waals surface area (Å²) in [4.78, 5) is 25.6. The fourth-order valence-corrected chi connectivity index (χ4v) is 2.41. The predicted octanol–water partition coefficient (Wildman–Crippen LogP) is 3.36. The fraction of sp³-hybridized carbons (Fsp3) is 0.875. The Morgan fingerprint density at radius 2 is 1.76 bits per heavy atom. The van der Waals surface area contributed by atoms with E-state index in [1.54, 1.807) is 0 Å². The number of rotatable bonds is 7. The summed E-state index contributed by atoms with van der Waals surface area (Å²) in [5, 5.41) is 0. The molecule has 0 atom stereocenters. The van der Waals surface area contributed by atoms with Gasteiger partial charge in [0, 0.05) is 19.0 Å². The highest BCUT2D eigenvalue weighted by molar-refractivity contribution is 6.27. The van der Waals surface area contributed by atoms with E-state index < -0.39 is 5.60 Å². The smallest absolute Gasteiger partial charge is 0.306 e. The van der Waals surface area contributed by atoms with Crippen LogP contribution in [0.5, 0.6) is 0 Å². The Labute approximate surface area is 133 Å². The Morgan fingerprint density at radius 3 is 2.19 bits per heavy atom. The van der Waals surface area contributed by atoms with E-state index in [2.05, 4.69) is 13.8 Å². The minimum atomic E-state index is -0.449. The second-order valence-electron chi connectivity index (χ2n) is 7.64. The normalized spacial score (nSPS) is 15.7. The molecule has 21 heavy (non-hydrogen) atoms. The summed E-state index contributed by atoms with van der Waals surface area (Å²) >= 11 is 5.68. The Bertz CT molecular complexity index is 383. The maximum Gasteiger partial charge on any atom is 0.306 e. The average Bonchev–Trinajstić information content (AvgIpc) is 3.15. The molecule has 0 N–H and O–H groups in total. The van der Waals surface area contributed by atoms with Gasteiger partial charge in [0.05, 0.1) is 0 Å². The van der Waals surface area contributed by atoms with Gasteiger partial charge in [-0.2, -0.15) is 0 Å². The number of esters is 1. The number of carbonyl (C=O) groups excluding carboxylic acids is 2.